The number of ether oxygens (including phenoxy) is 3. The van der Waals surface area contributed by atoms with Crippen molar-refractivity contribution in [3.8, 4) is 0 Å². The molecule has 0 spiro atoms. The molecular weight excluding hydrogens is 733 g/mol. The third kappa shape index (κ3) is 45.3. The predicted octanol–water partition coefficient (Wildman–Crippen LogP) is 15.4. The van der Waals surface area contributed by atoms with Crippen LogP contribution < -0.4 is 0 Å². The van der Waals surface area contributed by atoms with Gasteiger partial charge >= 0.3 is 17.9 Å². The lowest BCUT2D eigenvalue weighted by atomic mass is 10.1. The molecule has 0 unspecified atom stereocenters. The minimum Gasteiger partial charge on any atom is -0.462 e. The molecule has 59 heavy (non-hydrogen) atoms. The Morgan fingerprint density at radius 3 is 1.03 bits per heavy atom. The highest BCUT2D eigenvalue weighted by Crippen LogP contribution is 2.13. The summed E-state index contributed by atoms with van der Waals surface area (Å²) in [6.07, 6.45) is 61.1. The molecule has 0 aromatic heterocycles. The molecule has 0 saturated heterocycles. The van der Waals surface area contributed by atoms with Crippen molar-refractivity contribution in [1.82, 2.24) is 0 Å². The first-order chi connectivity index (χ1) is 29.0. The van der Waals surface area contributed by atoms with Crippen molar-refractivity contribution < 1.29 is 28.6 Å². The lowest BCUT2D eigenvalue weighted by Gasteiger charge is -2.18. The Balaban J connectivity index is 4.52. The molecule has 0 aliphatic carbocycles. The van der Waals surface area contributed by atoms with Crippen molar-refractivity contribution in [3.63, 3.8) is 0 Å². The molecule has 0 aliphatic rings. The van der Waals surface area contributed by atoms with Gasteiger partial charge in [-0.15, -0.1) is 0 Å². The second-order valence-electron chi connectivity index (χ2n) is 15.3. The average Bonchev–Trinajstić information content (AvgIpc) is 3.23. The molecule has 0 atom stereocenters. The molecule has 0 fully saturated rings. The van der Waals surface area contributed by atoms with Crippen LogP contribution in [0, 0.1) is 0 Å². The summed E-state index contributed by atoms with van der Waals surface area (Å²) >= 11 is 0. The summed E-state index contributed by atoms with van der Waals surface area (Å²) in [6, 6.07) is 0. The average molecular weight is 819 g/mol. The van der Waals surface area contributed by atoms with Crippen LogP contribution in [-0.4, -0.2) is 37.2 Å². The maximum atomic E-state index is 12.7. The zero-order valence-electron chi connectivity index (χ0n) is 38.0. The molecule has 0 rings (SSSR count). The van der Waals surface area contributed by atoms with Crippen LogP contribution in [0.1, 0.15) is 201 Å². The van der Waals surface area contributed by atoms with E-state index in [0.29, 0.717) is 19.3 Å². The standard InChI is InChI=1S/C53H86O6/c1-4-7-10-13-16-19-22-24-26-28-31-33-36-39-42-45-51(54)57-48-50(59-53(56)47-44-41-38-35-30-21-18-15-12-9-6-3)49-58-52(55)46-43-40-37-34-32-29-27-25-23-20-17-14-11-8-5-2/h7-8,10-11,16-17,19-20,24-27,31-34,50H,4-6,9,12-15,18,21-23,28-30,35-49H2,1-3H3/b10-7-,11-8-,19-16-,20-17-,26-24-,27-25-,33-31-,34-32-. The van der Waals surface area contributed by atoms with Crippen LogP contribution in [0.15, 0.2) is 97.2 Å². The Kier molecular flexibility index (Phi) is 44.1. The minimum absolute atomic E-state index is 0.112. The van der Waals surface area contributed by atoms with E-state index in [1.54, 1.807) is 0 Å². The molecule has 0 aromatic carbocycles. The van der Waals surface area contributed by atoms with E-state index in [1.807, 2.05) is 0 Å². The molecule has 0 amide bonds. The van der Waals surface area contributed by atoms with E-state index in [9.17, 15) is 14.4 Å². The Morgan fingerprint density at radius 2 is 0.661 bits per heavy atom. The fourth-order valence-electron chi connectivity index (χ4n) is 6.07. The molecule has 0 radical (unpaired) electrons. The van der Waals surface area contributed by atoms with E-state index in [-0.39, 0.29) is 31.1 Å². The van der Waals surface area contributed by atoms with E-state index in [1.165, 1.54) is 51.4 Å². The quantitative estimate of drug-likeness (QED) is 0.0265. The summed E-state index contributed by atoms with van der Waals surface area (Å²) in [5.41, 5.74) is 0. The fraction of sp³-hybridized carbons (Fsp3) is 0.642. The third-order valence-corrected chi connectivity index (χ3v) is 9.58. The van der Waals surface area contributed by atoms with Crippen LogP contribution >= 0.6 is 0 Å². The topological polar surface area (TPSA) is 78.9 Å². The summed E-state index contributed by atoms with van der Waals surface area (Å²) in [7, 11) is 0. The van der Waals surface area contributed by atoms with Gasteiger partial charge in [0.25, 0.3) is 0 Å². The van der Waals surface area contributed by atoms with Gasteiger partial charge in [0.1, 0.15) is 13.2 Å². The number of hydrogen-bond donors (Lipinski definition) is 0. The van der Waals surface area contributed by atoms with Gasteiger partial charge in [-0.25, -0.2) is 0 Å². The Bertz CT molecular complexity index is 1140. The van der Waals surface area contributed by atoms with Gasteiger partial charge < -0.3 is 14.2 Å². The lowest BCUT2D eigenvalue weighted by Crippen LogP contribution is -2.30. The molecule has 0 aliphatic heterocycles. The third-order valence-electron chi connectivity index (χ3n) is 9.58. The summed E-state index contributed by atoms with van der Waals surface area (Å²) in [5, 5.41) is 0. The molecule has 334 valence electrons. The van der Waals surface area contributed by atoms with Crippen LogP contribution in [0.25, 0.3) is 0 Å². The van der Waals surface area contributed by atoms with Crippen LogP contribution in [0.5, 0.6) is 0 Å². The van der Waals surface area contributed by atoms with Crippen molar-refractivity contribution in [3.05, 3.63) is 97.2 Å². The largest absolute Gasteiger partial charge is 0.462 e. The molecule has 6 heteroatoms. The van der Waals surface area contributed by atoms with Crippen molar-refractivity contribution >= 4 is 17.9 Å². The number of allylic oxidation sites excluding steroid dienone is 16. The van der Waals surface area contributed by atoms with Crippen LogP contribution in [0.4, 0.5) is 0 Å². The van der Waals surface area contributed by atoms with Gasteiger partial charge in [-0.1, -0.05) is 182 Å². The van der Waals surface area contributed by atoms with Gasteiger partial charge in [-0.3, -0.25) is 14.4 Å². The number of hydrogen-bond acceptors (Lipinski definition) is 6. The summed E-state index contributed by atoms with van der Waals surface area (Å²) in [6.45, 7) is 6.31. The van der Waals surface area contributed by atoms with E-state index < -0.39 is 6.10 Å². The molecule has 0 heterocycles. The Hall–Kier alpha value is -3.67. The first-order valence-corrected chi connectivity index (χ1v) is 23.7. The first kappa shape index (κ1) is 55.3. The number of esters is 3. The Labute approximate surface area is 362 Å². The smallest absolute Gasteiger partial charge is 0.306 e. The van der Waals surface area contributed by atoms with Crippen LogP contribution in [-0.2, 0) is 28.6 Å². The van der Waals surface area contributed by atoms with Gasteiger partial charge in [0.05, 0.1) is 0 Å². The monoisotopic (exact) mass is 819 g/mol. The zero-order valence-corrected chi connectivity index (χ0v) is 38.0. The van der Waals surface area contributed by atoms with Gasteiger partial charge in [0.2, 0.25) is 0 Å². The second-order valence-corrected chi connectivity index (χ2v) is 15.3. The second kappa shape index (κ2) is 47.0. The predicted molar refractivity (Wildman–Crippen MR) is 251 cm³/mol. The normalized spacial score (nSPS) is 12.5. The molecule has 0 aromatic rings. The van der Waals surface area contributed by atoms with Crippen molar-refractivity contribution in [2.75, 3.05) is 13.2 Å². The number of carbonyl (C=O) groups is 3. The summed E-state index contributed by atoms with van der Waals surface area (Å²) < 4.78 is 16.7. The van der Waals surface area contributed by atoms with E-state index in [0.717, 1.165) is 109 Å². The lowest BCUT2D eigenvalue weighted by molar-refractivity contribution is -0.167. The van der Waals surface area contributed by atoms with Crippen molar-refractivity contribution in [2.45, 2.75) is 207 Å². The minimum atomic E-state index is -0.808. The zero-order chi connectivity index (χ0) is 43.0. The summed E-state index contributed by atoms with van der Waals surface area (Å²) in [4.78, 5) is 37.8. The summed E-state index contributed by atoms with van der Waals surface area (Å²) in [5.74, 6) is -0.999. The van der Waals surface area contributed by atoms with Gasteiger partial charge in [0, 0.05) is 19.3 Å². The molecule has 0 saturated carbocycles. The SMILES string of the molecule is CC/C=C\C/C=C\C/C=C\C/C=C\CCCCC(=O)OCC(COC(=O)CCCC/C=C\C/C=C\C/C=C\C/C=C\CC)OC(=O)CCCCCCCCCCCCC. The molecular formula is C53H86O6. The molecule has 0 N–H and O–H groups in total. The van der Waals surface area contributed by atoms with Crippen molar-refractivity contribution in [2.24, 2.45) is 0 Å². The highest BCUT2D eigenvalue weighted by Gasteiger charge is 2.19. The molecule has 0 bridgehead atoms. The fourth-order valence-corrected chi connectivity index (χ4v) is 6.07. The number of unbranched alkanes of at least 4 members (excludes halogenated alkanes) is 14. The number of rotatable bonds is 41. The maximum Gasteiger partial charge on any atom is 0.306 e. The maximum absolute atomic E-state index is 12.7. The van der Waals surface area contributed by atoms with E-state index in [2.05, 4.69) is 118 Å². The van der Waals surface area contributed by atoms with Crippen LogP contribution in [0.3, 0.4) is 0 Å². The van der Waals surface area contributed by atoms with Crippen LogP contribution in [0.2, 0.25) is 0 Å². The van der Waals surface area contributed by atoms with Gasteiger partial charge in [0.15, 0.2) is 6.10 Å². The van der Waals surface area contributed by atoms with E-state index in [4.69, 9.17) is 14.2 Å². The first-order valence-electron chi connectivity index (χ1n) is 23.7. The highest BCUT2D eigenvalue weighted by atomic mass is 16.6. The van der Waals surface area contributed by atoms with E-state index >= 15 is 0 Å². The van der Waals surface area contributed by atoms with Crippen molar-refractivity contribution in [1.29, 1.82) is 0 Å². The Morgan fingerprint density at radius 1 is 0.356 bits per heavy atom. The molecule has 6 nitrogen and oxygen atoms in total. The highest BCUT2D eigenvalue weighted by molar-refractivity contribution is 5.71. The van der Waals surface area contributed by atoms with Gasteiger partial charge in [-0.2, -0.15) is 0 Å². The number of carbonyl (C=O) groups excluding carboxylic acids is 3. The van der Waals surface area contributed by atoms with Gasteiger partial charge in [-0.05, 0) is 96.3 Å².